The number of aromatic nitrogens is 4. The molecule has 1 N–H and O–H groups in total. The van der Waals surface area contributed by atoms with Crippen LogP contribution in [0.15, 0.2) is 75.9 Å². The molecule has 0 aliphatic carbocycles. The second kappa shape index (κ2) is 7.92. The molecule has 28 heavy (non-hydrogen) atoms. The van der Waals surface area contributed by atoms with Crippen molar-refractivity contribution in [1.29, 1.82) is 0 Å². The summed E-state index contributed by atoms with van der Waals surface area (Å²) in [6.07, 6.45) is 5.07. The molecule has 0 spiro atoms. The number of nitrogens with zero attached hydrogens (tertiary/aromatic N) is 4. The first-order chi connectivity index (χ1) is 13.5. The summed E-state index contributed by atoms with van der Waals surface area (Å²) in [7, 11) is -3.71. The molecule has 3 aromatic heterocycles. The van der Waals surface area contributed by atoms with Gasteiger partial charge in [-0.2, -0.15) is 5.10 Å². The summed E-state index contributed by atoms with van der Waals surface area (Å²) in [5, 5.41) is 6.31. The predicted molar refractivity (Wildman–Crippen MR) is 111 cm³/mol. The average Bonchev–Trinajstić information content (AvgIpc) is 3.40. The van der Waals surface area contributed by atoms with E-state index in [0.717, 1.165) is 15.6 Å². The summed E-state index contributed by atoms with van der Waals surface area (Å²) in [5.74, 6) is 0.662. The normalized spacial score (nSPS) is 11.6. The minimum atomic E-state index is -3.71. The van der Waals surface area contributed by atoms with Crippen molar-refractivity contribution in [1.82, 2.24) is 24.5 Å². The van der Waals surface area contributed by atoms with Gasteiger partial charge in [0.05, 0.1) is 0 Å². The van der Waals surface area contributed by atoms with Gasteiger partial charge in [0.15, 0.2) is 10.8 Å². The molecule has 4 aromatic rings. The van der Waals surface area contributed by atoms with E-state index >= 15 is 0 Å². The predicted octanol–water partition coefficient (Wildman–Crippen LogP) is 3.63. The molecule has 0 radical (unpaired) electrons. The van der Waals surface area contributed by atoms with Crippen LogP contribution in [0.4, 0.5) is 0 Å². The van der Waals surface area contributed by atoms with Gasteiger partial charge in [-0.05, 0) is 29.8 Å². The first kappa shape index (κ1) is 18.9. The fourth-order valence-electron chi connectivity index (χ4n) is 2.42. The van der Waals surface area contributed by atoms with Gasteiger partial charge in [-0.3, -0.25) is 0 Å². The molecule has 0 saturated carbocycles. The maximum absolute atomic E-state index is 12.5. The Balaban J connectivity index is 1.45. The average molecular weight is 476 g/mol. The number of nitrogens with one attached hydrogen (secondary N) is 1. The van der Waals surface area contributed by atoms with Gasteiger partial charge in [0.25, 0.3) is 10.0 Å². The number of benzene rings is 1. The Morgan fingerprint density at radius 1 is 1.14 bits per heavy atom. The van der Waals surface area contributed by atoms with Gasteiger partial charge in [0, 0.05) is 40.6 Å². The number of rotatable bonds is 6. The topological polar surface area (TPSA) is 89.8 Å². The molecule has 0 unspecified atom stereocenters. The van der Waals surface area contributed by atoms with Crippen molar-refractivity contribution in [3.8, 4) is 16.4 Å². The highest BCUT2D eigenvalue weighted by Gasteiger charge is 2.18. The zero-order valence-electron chi connectivity index (χ0n) is 14.4. The molecular weight excluding hydrogens is 462 g/mol. The van der Waals surface area contributed by atoms with E-state index in [2.05, 4.69) is 35.7 Å². The smallest absolute Gasteiger partial charge is 0.237 e. The monoisotopic (exact) mass is 475 g/mol. The molecule has 0 bridgehead atoms. The fourth-order valence-corrected chi connectivity index (χ4v) is 4.80. The Morgan fingerprint density at radius 3 is 2.64 bits per heavy atom. The maximum Gasteiger partial charge on any atom is 0.259 e. The SMILES string of the molecule is O=S(=O)(NCc1ccc(-n2cccn2)nc1)c1csc(-c2ccc(Br)cc2)n1. The van der Waals surface area contributed by atoms with Crippen LogP contribution in [0.3, 0.4) is 0 Å². The molecule has 0 saturated heterocycles. The molecule has 10 heteroatoms. The highest BCUT2D eigenvalue weighted by atomic mass is 79.9. The van der Waals surface area contributed by atoms with Crippen LogP contribution in [0.1, 0.15) is 5.56 Å². The van der Waals surface area contributed by atoms with E-state index in [9.17, 15) is 8.42 Å². The van der Waals surface area contributed by atoms with Gasteiger partial charge < -0.3 is 0 Å². The lowest BCUT2D eigenvalue weighted by molar-refractivity contribution is 0.578. The number of thiazole rings is 1. The van der Waals surface area contributed by atoms with Gasteiger partial charge >= 0.3 is 0 Å². The summed E-state index contributed by atoms with van der Waals surface area (Å²) in [4.78, 5) is 8.56. The van der Waals surface area contributed by atoms with E-state index in [1.54, 1.807) is 46.9 Å². The highest BCUT2D eigenvalue weighted by Crippen LogP contribution is 2.26. The molecule has 0 amide bonds. The number of hydrogen-bond donors (Lipinski definition) is 1. The lowest BCUT2D eigenvalue weighted by atomic mass is 10.2. The minimum absolute atomic E-state index is 0.0107. The van der Waals surface area contributed by atoms with Gasteiger partial charge in [-0.25, -0.2) is 27.8 Å². The third-order valence-corrected chi connectivity index (χ3v) is 6.72. The first-order valence-corrected chi connectivity index (χ1v) is 11.3. The van der Waals surface area contributed by atoms with Crippen molar-refractivity contribution in [2.75, 3.05) is 0 Å². The summed E-state index contributed by atoms with van der Waals surface area (Å²) in [5.41, 5.74) is 1.61. The van der Waals surface area contributed by atoms with Crippen LogP contribution >= 0.6 is 27.3 Å². The summed E-state index contributed by atoms with van der Waals surface area (Å²) < 4.78 is 30.2. The third-order valence-electron chi connectivity index (χ3n) is 3.86. The van der Waals surface area contributed by atoms with E-state index in [-0.39, 0.29) is 11.6 Å². The zero-order chi connectivity index (χ0) is 19.6. The quantitative estimate of drug-likeness (QED) is 0.459. The van der Waals surface area contributed by atoms with E-state index in [1.165, 1.54) is 11.3 Å². The summed E-state index contributed by atoms with van der Waals surface area (Å²) in [6, 6.07) is 13.0. The van der Waals surface area contributed by atoms with Crippen molar-refractivity contribution in [2.45, 2.75) is 11.6 Å². The van der Waals surface area contributed by atoms with Gasteiger partial charge in [0.1, 0.15) is 5.01 Å². The van der Waals surface area contributed by atoms with Crippen molar-refractivity contribution < 1.29 is 8.42 Å². The second-order valence-corrected chi connectivity index (χ2v) is 9.29. The van der Waals surface area contributed by atoms with Crippen molar-refractivity contribution in [2.24, 2.45) is 0 Å². The van der Waals surface area contributed by atoms with Crippen molar-refractivity contribution in [3.05, 3.63) is 76.5 Å². The molecule has 142 valence electrons. The number of halogens is 1. The number of pyridine rings is 1. The molecule has 0 aliphatic heterocycles. The molecule has 0 fully saturated rings. The van der Waals surface area contributed by atoms with E-state index < -0.39 is 10.0 Å². The Hall–Kier alpha value is -2.40. The Kier molecular flexibility index (Phi) is 5.36. The molecular formula is C18H14BrN5O2S2. The second-order valence-electron chi connectivity index (χ2n) is 5.80. The molecule has 1 aromatic carbocycles. The number of hydrogen-bond acceptors (Lipinski definition) is 6. The molecule has 4 rings (SSSR count). The van der Waals surface area contributed by atoms with Gasteiger partial charge in [-0.15, -0.1) is 11.3 Å². The Morgan fingerprint density at radius 2 is 1.96 bits per heavy atom. The largest absolute Gasteiger partial charge is 0.259 e. The molecule has 0 aliphatic rings. The van der Waals surface area contributed by atoms with Crippen LogP contribution in [-0.4, -0.2) is 28.2 Å². The minimum Gasteiger partial charge on any atom is -0.237 e. The van der Waals surface area contributed by atoms with Crippen LogP contribution in [0.5, 0.6) is 0 Å². The van der Waals surface area contributed by atoms with Crippen LogP contribution in [0.2, 0.25) is 0 Å². The summed E-state index contributed by atoms with van der Waals surface area (Å²) >= 11 is 4.67. The Labute approximate surface area is 174 Å². The van der Waals surface area contributed by atoms with E-state index in [0.29, 0.717) is 10.8 Å². The zero-order valence-corrected chi connectivity index (χ0v) is 17.6. The first-order valence-electron chi connectivity index (χ1n) is 8.17. The molecule has 3 heterocycles. The van der Waals surface area contributed by atoms with Crippen LogP contribution in [-0.2, 0) is 16.6 Å². The molecule has 7 nitrogen and oxygen atoms in total. The standard InChI is InChI=1S/C18H14BrN5O2S2/c19-15-5-3-14(4-6-15)18-23-17(12-27-18)28(25,26)22-11-13-2-7-16(20-10-13)24-9-1-8-21-24/h1-10,12,22H,11H2. The van der Waals surface area contributed by atoms with E-state index in [4.69, 9.17) is 0 Å². The van der Waals surface area contributed by atoms with Crippen LogP contribution in [0, 0.1) is 0 Å². The lowest BCUT2D eigenvalue weighted by Gasteiger charge is -2.05. The van der Waals surface area contributed by atoms with Gasteiger partial charge in [-0.1, -0.05) is 34.1 Å². The Bertz CT molecular complexity index is 1170. The third kappa shape index (κ3) is 4.20. The highest BCUT2D eigenvalue weighted by molar-refractivity contribution is 9.10. The fraction of sp³-hybridized carbons (Fsp3) is 0.0556. The van der Waals surface area contributed by atoms with E-state index in [1.807, 2.05) is 24.3 Å². The number of sulfonamides is 1. The lowest BCUT2D eigenvalue weighted by Crippen LogP contribution is -2.23. The molecule has 0 atom stereocenters. The van der Waals surface area contributed by atoms with Crippen LogP contribution < -0.4 is 4.72 Å². The van der Waals surface area contributed by atoms with Crippen molar-refractivity contribution >= 4 is 37.3 Å². The summed E-state index contributed by atoms with van der Waals surface area (Å²) in [6.45, 7) is 0.125. The van der Waals surface area contributed by atoms with Crippen LogP contribution in [0.25, 0.3) is 16.4 Å². The maximum atomic E-state index is 12.5. The van der Waals surface area contributed by atoms with Crippen molar-refractivity contribution in [3.63, 3.8) is 0 Å². The van der Waals surface area contributed by atoms with Gasteiger partial charge in [0.2, 0.25) is 0 Å².